The zero-order chi connectivity index (χ0) is 18.3. The van der Waals surface area contributed by atoms with E-state index < -0.39 is 5.60 Å². The lowest BCUT2D eigenvalue weighted by Gasteiger charge is -2.51. The summed E-state index contributed by atoms with van der Waals surface area (Å²) in [7, 11) is 0. The molecule has 4 heteroatoms. The highest BCUT2D eigenvalue weighted by Gasteiger charge is 2.47. The van der Waals surface area contributed by atoms with E-state index in [4.69, 9.17) is 4.74 Å². The predicted octanol–water partition coefficient (Wildman–Crippen LogP) is 3.49. The van der Waals surface area contributed by atoms with Crippen molar-refractivity contribution in [2.75, 3.05) is 13.2 Å². The summed E-state index contributed by atoms with van der Waals surface area (Å²) < 4.78 is 5.84. The van der Waals surface area contributed by atoms with Gasteiger partial charge < -0.3 is 9.84 Å². The molecule has 0 saturated carbocycles. The molecule has 2 fully saturated rings. The number of para-hydroxylation sites is 1. The monoisotopic (exact) mass is 360 g/mol. The average Bonchev–Trinajstić information content (AvgIpc) is 2.69. The molecule has 2 saturated heterocycles. The quantitative estimate of drug-likeness (QED) is 0.777. The van der Waals surface area contributed by atoms with E-state index in [0.717, 1.165) is 23.0 Å². The van der Waals surface area contributed by atoms with Gasteiger partial charge in [-0.3, -0.25) is 9.88 Å². The molecule has 2 aromatic carbocycles. The summed E-state index contributed by atoms with van der Waals surface area (Å²) in [5.41, 5.74) is 2.36. The van der Waals surface area contributed by atoms with Crippen molar-refractivity contribution in [2.24, 2.45) is 0 Å². The minimum atomic E-state index is -0.844. The maximum atomic E-state index is 11.6. The Hall–Kier alpha value is -2.27. The second-order valence-corrected chi connectivity index (χ2v) is 7.86. The van der Waals surface area contributed by atoms with Crippen molar-refractivity contribution in [1.82, 2.24) is 9.88 Å². The van der Waals surface area contributed by atoms with Crippen LogP contribution in [0.25, 0.3) is 10.9 Å². The number of nitrogens with zero attached hydrogens (tertiary/aromatic N) is 2. The van der Waals surface area contributed by atoms with Gasteiger partial charge in [0.15, 0.2) is 0 Å². The maximum absolute atomic E-state index is 11.6. The number of morpholine rings is 1. The number of hydrogen-bond acceptors (Lipinski definition) is 4. The van der Waals surface area contributed by atoms with Crippen molar-refractivity contribution in [3.63, 3.8) is 0 Å². The van der Waals surface area contributed by atoms with Crippen molar-refractivity contribution in [3.05, 3.63) is 78.0 Å². The molecule has 138 valence electrons. The van der Waals surface area contributed by atoms with Gasteiger partial charge in [-0.15, -0.1) is 0 Å². The predicted molar refractivity (Wildman–Crippen MR) is 105 cm³/mol. The number of ether oxygens (including phenoxy) is 1. The SMILES string of the molecule is OC1(c2cnc3ccccc3c2)CC2COCC(C1)N2Cc1ccccc1. The van der Waals surface area contributed by atoms with Crippen LogP contribution >= 0.6 is 0 Å². The highest BCUT2D eigenvalue weighted by molar-refractivity contribution is 5.78. The number of rotatable bonds is 3. The van der Waals surface area contributed by atoms with Gasteiger partial charge >= 0.3 is 0 Å². The molecule has 3 heterocycles. The third kappa shape index (κ3) is 3.14. The van der Waals surface area contributed by atoms with Crippen LogP contribution in [0.3, 0.4) is 0 Å². The van der Waals surface area contributed by atoms with E-state index in [1.807, 2.05) is 24.4 Å². The number of aromatic nitrogens is 1. The Morgan fingerprint density at radius 1 is 1.00 bits per heavy atom. The van der Waals surface area contributed by atoms with Gasteiger partial charge in [0.05, 0.1) is 24.3 Å². The lowest BCUT2D eigenvalue weighted by atomic mass is 9.77. The van der Waals surface area contributed by atoms with Gasteiger partial charge in [-0.1, -0.05) is 48.5 Å². The second-order valence-electron chi connectivity index (χ2n) is 7.86. The molecule has 0 aliphatic carbocycles. The molecule has 0 spiro atoms. The Morgan fingerprint density at radius 2 is 1.70 bits per heavy atom. The maximum Gasteiger partial charge on any atom is 0.0943 e. The molecule has 2 aliphatic rings. The molecule has 2 unspecified atom stereocenters. The van der Waals surface area contributed by atoms with E-state index >= 15 is 0 Å². The lowest BCUT2D eigenvalue weighted by Crippen LogP contribution is -2.60. The molecular formula is C23H24N2O2. The van der Waals surface area contributed by atoms with Crippen molar-refractivity contribution < 1.29 is 9.84 Å². The van der Waals surface area contributed by atoms with Crippen LogP contribution in [-0.4, -0.2) is 40.3 Å². The molecule has 1 aromatic heterocycles. The van der Waals surface area contributed by atoms with E-state index in [0.29, 0.717) is 26.1 Å². The van der Waals surface area contributed by atoms with Crippen LogP contribution in [0.5, 0.6) is 0 Å². The van der Waals surface area contributed by atoms with Gasteiger partial charge in [0, 0.05) is 35.8 Å². The van der Waals surface area contributed by atoms with Crippen LogP contribution in [-0.2, 0) is 16.9 Å². The summed E-state index contributed by atoms with van der Waals surface area (Å²) in [5.74, 6) is 0. The van der Waals surface area contributed by atoms with E-state index in [9.17, 15) is 5.11 Å². The highest BCUT2D eigenvalue weighted by Crippen LogP contribution is 2.41. The summed E-state index contributed by atoms with van der Waals surface area (Å²) in [4.78, 5) is 7.09. The molecule has 0 radical (unpaired) electrons. The smallest absolute Gasteiger partial charge is 0.0943 e. The van der Waals surface area contributed by atoms with Gasteiger partial charge in [0.25, 0.3) is 0 Å². The number of benzene rings is 2. The molecule has 27 heavy (non-hydrogen) atoms. The normalized spacial score (nSPS) is 28.3. The Balaban J connectivity index is 1.44. The zero-order valence-corrected chi connectivity index (χ0v) is 15.3. The minimum Gasteiger partial charge on any atom is -0.385 e. The number of fused-ring (bicyclic) bond motifs is 3. The van der Waals surface area contributed by atoms with Crippen molar-refractivity contribution >= 4 is 10.9 Å². The number of piperidine rings is 1. The molecule has 0 amide bonds. The molecule has 3 aromatic rings. The first kappa shape index (κ1) is 16.9. The lowest BCUT2D eigenvalue weighted by molar-refractivity contribution is -0.149. The van der Waals surface area contributed by atoms with Crippen molar-refractivity contribution in [3.8, 4) is 0 Å². The molecule has 2 aliphatic heterocycles. The fraction of sp³-hybridized carbons (Fsp3) is 0.348. The van der Waals surface area contributed by atoms with Gasteiger partial charge in [-0.05, 0) is 30.5 Å². The molecule has 2 bridgehead atoms. The number of aliphatic hydroxyl groups is 1. The van der Waals surface area contributed by atoms with E-state index in [1.165, 1.54) is 5.56 Å². The third-order valence-electron chi connectivity index (χ3n) is 6.04. The molecule has 1 N–H and O–H groups in total. The van der Waals surface area contributed by atoms with Gasteiger partial charge in [-0.2, -0.15) is 0 Å². The van der Waals surface area contributed by atoms with E-state index in [2.05, 4.69) is 52.3 Å². The first-order chi connectivity index (χ1) is 13.2. The van der Waals surface area contributed by atoms with E-state index in [1.54, 1.807) is 0 Å². The van der Waals surface area contributed by atoms with Gasteiger partial charge in [0.1, 0.15) is 0 Å². The standard InChI is InChI=1S/C23H24N2O2/c26-23(19-10-18-8-4-5-9-22(18)24-13-19)11-20-15-27-16-21(12-23)25(20)14-17-6-2-1-3-7-17/h1-10,13,20-21,26H,11-12,14-16H2. The van der Waals surface area contributed by atoms with Crippen LogP contribution in [0.15, 0.2) is 66.9 Å². The average molecular weight is 360 g/mol. The van der Waals surface area contributed by atoms with Crippen LogP contribution in [0.2, 0.25) is 0 Å². The van der Waals surface area contributed by atoms with Crippen LogP contribution in [0.1, 0.15) is 24.0 Å². The largest absolute Gasteiger partial charge is 0.385 e. The second kappa shape index (κ2) is 6.71. The Bertz CT molecular complexity index is 929. The van der Waals surface area contributed by atoms with Crippen molar-refractivity contribution in [2.45, 2.75) is 37.1 Å². The van der Waals surface area contributed by atoms with E-state index in [-0.39, 0.29) is 12.1 Å². The molecule has 4 nitrogen and oxygen atoms in total. The summed E-state index contributed by atoms with van der Waals surface area (Å²) >= 11 is 0. The zero-order valence-electron chi connectivity index (χ0n) is 15.3. The fourth-order valence-electron chi connectivity index (χ4n) is 4.66. The topological polar surface area (TPSA) is 45.6 Å². The summed E-state index contributed by atoms with van der Waals surface area (Å²) in [5, 5.41) is 12.6. The Labute approximate surface area is 159 Å². The summed E-state index contributed by atoms with van der Waals surface area (Å²) in [6, 6.07) is 21.2. The molecular weight excluding hydrogens is 336 g/mol. The first-order valence-electron chi connectivity index (χ1n) is 9.66. The number of hydrogen-bond donors (Lipinski definition) is 1. The van der Waals surface area contributed by atoms with Crippen LogP contribution < -0.4 is 0 Å². The summed E-state index contributed by atoms with van der Waals surface area (Å²) in [6.45, 7) is 2.25. The van der Waals surface area contributed by atoms with Crippen LogP contribution in [0.4, 0.5) is 0 Å². The molecule has 2 atom stereocenters. The summed E-state index contributed by atoms with van der Waals surface area (Å²) in [6.07, 6.45) is 3.21. The Morgan fingerprint density at radius 3 is 2.48 bits per heavy atom. The first-order valence-corrected chi connectivity index (χ1v) is 9.66. The Kier molecular flexibility index (Phi) is 4.20. The van der Waals surface area contributed by atoms with Crippen molar-refractivity contribution in [1.29, 1.82) is 0 Å². The van der Waals surface area contributed by atoms with Gasteiger partial charge in [-0.25, -0.2) is 0 Å². The van der Waals surface area contributed by atoms with Crippen LogP contribution in [0, 0.1) is 0 Å². The third-order valence-corrected chi connectivity index (χ3v) is 6.04. The highest BCUT2D eigenvalue weighted by atomic mass is 16.5. The fourth-order valence-corrected chi connectivity index (χ4v) is 4.66. The number of pyridine rings is 1. The minimum absolute atomic E-state index is 0.217. The van der Waals surface area contributed by atoms with Gasteiger partial charge in [0.2, 0.25) is 0 Å². The molecule has 5 rings (SSSR count).